The summed E-state index contributed by atoms with van der Waals surface area (Å²) in [5.74, 6) is -1.50. The largest absolute Gasteiger partial charge is 0.427 e. The number of aromatic amines is 1. The van der Waals surface area contributed by atoms with Crippen LogP contribution in [0.15, 0.2) is 24.3 Å². The van der Waals surface area contributed by atoms with Crippen molar-refractivity contribution in [3.63, 3.8) is 0 Å². The number of nitrogens with one attached hydrogen (secondary N) is 1. The van der Waals surface area contributed by atoms with Crippen molar-refractivity contribution in [1.29, 1.82) is 0 Å². The molecule has 0 spiro atoms. The number of fused-ring (bicyclic) bond motifs is 3. The molecule has 1 aliphatic rings. The van der Waals surface area contributed by atoms with Crippen LogP contribution in [0.4, 0.5) is 0 Å². The van der Waals surface area contributed by atoms with Crippen molar-refractivity contribution in [2.24, 2.45) is 0 Å². The SMILES string of the molecule is CC=CCCC1(OC(C)=O)OCCc2c1[nH]c1ccc(Cl)c(Cl)c21. The summed E-state index contributed by atoms with van der Waals surface area (Å²) in [4.78, 5) is 15.1. The molecule has 0 amide bonds. The number of esters is 1. The zero-order valence-electron chi connectivity index (χ0n) is 13.6. The topological polar surface area (TPSA) is 51.3 Å². The van der Waals surface area contributed by atoms with Crippen molar-refractivity contribution < 1.29 is 14.3 Å². The Morgan fingerprint density at radius 2 is 2.25 bits per heavy atom. The first kappa shape index (κ1) is 17.3. The van der Waals surface area contributed by atoms with Crippen LogP contribution in [0.25, 0.3) is 10.9 Å². The van der Waals surface area contributed by atoms with Gasteiger partial charge in [-0.3, -0.25) is 4.79 Å². The molecule has 128 valence electrons. The lowest BCUT2D eigenvalue weighted by molar-refractivity contribution is -0.247. The molecule has 0 saturated carbocycles. The Kier molecular flexibility index (Phi) is 4.90. The van der Waals surface area contributed by atoms with Gasteiger partial charge in [-0.05, 0) is 37.5 Å². The third-order valence-electron chi connectivity index (χ3n) is 4.21. The summed E-state index contributed by atoms with van der Waals surface area (Å²) in [7, 11) is 0. The second-order valence-corrected chi connectivity index (χ2v) is 6.60. The molecule has 0 radical (unpaired) electrons. The zero-order valence-corrected chi connectivity index (χ0v) is 15.1. The fourth-order valence-electron chi connectivity index (χ4n) is 3.25. The quantitative estimate of drug-likeness (QED) is 0.602. The van der Waals surface area contributed by atoms with E-state index in [1.165, 1.54) is 6.92 Å². The highest BCUT2D eigenvalue weighted by Gasteiger charge is 2.43. The number of aromatic nitrogens is 1. The molecule has 1 atom stereocenters. The lowest BCUT2D eigenvalue weighted by atomic mass is 9.96. The standard InChI is InChI=1S/C18H19Cl2NO3/c1-3-4-5-9-18(24-11(2)22)17-12(8-10-23-18)15-14(21-17)7-6-13(19)16(15)20/h3-4,6-7,21H,5,8-10H2,1-2H3. The van der Waals surface area contributed by atoms with Gasteiger partial charge in [-0.2, -0.15) is 0 Å². The number of allylic oxidation sites excluding steroid dienone is 2. The highest BCUT2D eigenvalue weighted by atomic mass is 35.5. The van der Waals surface area contributed by atoms with Crippen molar-refractivity contribution in [1.82, 2.24) is 4.98 Å². The molecule has 0 aliphatic carbocycles. The summed E-state index contributed by atoms with van der Waals surface area (Å²) in [5.41, 5.74) is 2.63. The van der Waals surface area contributed by atoms with E-state index >= 15 is 0 Å². The third kappa shape index (κ3) is 2.94. The number of benzene rings is 1. The second kappa shape index (κ2) is 6.79. The Balaban J connectivity index is 2.17. The summed E-state index contributed by atoms with van der Waals surface area (Å²) in [6.45, 7) is 3.80. The van der Waals surface area contributed by atoms with Gasteiger partial charge in [0.15, 0.2) is 0 Å². The van der Waals surface area contributed by atoms with E-state index in [4.69, 9.17) is 32.7 Å². The van der Waals surface area contributed by atoms with Crippen molar-refractivity contribution in [2.45, 2.75) is 38.9 Å². The Morgan fingerprint density at radius 1 is 1.46 bits per heavy atom. The van der Waals surface area contributed by atoms with Gasteiger partial charge in [0.2, 0.25) is 0 Å². The first-order chi connectivity index (χ1) is 11.5. The van der Waals surface area contributed by atoms with Crippen LogP contribution in [0.1, 0.15) is 37.9 Å². The van der Waals surface area contributed by atoms with Crippen LogP contribution in [0.3, 0.4) is 0 Å². The van der Waals surface area contributed by atoms with Gasteiger partial charge in [-0.1, -0.05) is 35.4 Å². The fraction of sp³-hybridized carbons (Fsp3) is 0.389. The molecular formula is C18H19Cl2NO3. The van der Waals surface area contributed by atoms with Crippen LogP contribution in [-0.2, 0) is 26.5 Å². The minimum absolute atomic E-state index is 0.383. The van der Waals surface area contributed by atoms with Gasteiger partial charge in [0.05, 0.1) is 22.3 Å². The number of hydrogen-bond acceptors (Lipinski definition) is 3. The maximum absolute atomic E-state index is 11.7. The number of ether oxygens (including phenoxy) is 2. The first-order valence-corrected chi connectivity index (χ1v) is 8.68. The van der Waals surface area contributed by atoms with Gasteiger partial charge in [0.25, 0.3) is 5.79 Å². The average Bonchev–Trinajstić information content (AvgIpc) is 2.92. The van der Waals surface area contributed by atoms with Crippen molar-refractivity contribution in [3.8, 4) is 0 Å². The summed E-state index contributed by atoms with van der Waals surface area (Å²) in [5, 5.41) is 1.90. The number of hydrogen-bond donors (Lipinski definition) is 1. The van der Waals surface area contributed by atoms with E-state index in [2.05, 4.69) is 4.98 Å². The number of carbonyl (C=O) groups excluding carboxylic acids is 1. The molecular weight excluding hydrogens is 349 g/mol. The maximum atomic E-state index is 11.7. The maximum Gasteiger partial charge on any atom is 0.305 e. The Labute approximate surface area is 150 Å². The van der Waals surface area contributed by atoms with Gasteiger partial charge in [0.1, 0.15) is 0 Å². The summed E-state index contributed by atoms with van der Waals surface area (Å²) in [6, 6.07) is 3.63. The van der Waals surface area contributed by atoms with Crippen LogP contribution >= 0.6 is 23.2 Å². The molecule has 1 aromatic carbocycles. The number of halogens is 2. The van der Waals surface area contributed by atoms with Crippen LogP contribution < -0.4 is 0 Å². The molecule has 24 heavy (non-hydrogen) atoms. The van der Waals surface area contributed by atoms with E-state index in [9.17, 15) is 4.79 Å². The molecule has 2 aromatic rings. The zero-order chi connectivity index (χ0) is 17.3. The molecule has 6 heteroatoms. The first-order valence-electron chi connectivity index (χ1n) is 7.92. The Bertz CT molecular complexity index is 812. The molecule has 2 heterocycles. The smallest absolute Gasteiger partial charge is 0.305 e. The normalized spacial score (nSPS) is 20.5. The molecule has 1 aromatic heterocycles. The number of H-pyrrole nitrogens is 1. The molecule has 0 fully saturated rings. The molecule has 3 rings (SSSR count). The predicted octanol–water partition coefficient (Wildman–Crippen LogP) is 5.12. The lowest BCUT2D eigenvalue weighted by Crippen LogP contribution is -2.39. The highest BCUT2D eigenvalue weighted by molar-refractivity contribution is 6.45. The minimum Gasteiger partial charge on any atom is -0.427 e. The van der Waals surface area contributed by atoms with Crippen LogP contribution in [-0.4, -0.2) is 17.6 Å². The van der Waals surface area contributed by atoms with E-state index in [1.807, 2.05) is 25.1 Å². The molecule has 0 bridgehead atoms. The van der Waals surface area contributed by atoms with Gasteiger partial charge in [-0.15, -0.1) is 0 Å². The van der Waals surface area contributed by atoms with E-state index in [0.29, 0.717) is 29.5 Å². The van der Waals surface area contributed by atoms with Gasteiger partial charge in [-0.25, -0.2) is 0 Å². The summed E-state index contributed by atoms with van der Waals surface area (Å²) >= 11 is 12.6. The third-order valence-corrected chi connectivity index (χ3v) is 5.01. The van der Waals surface area contributed by atoms with Crippen LogP contribution in [0, 0.1) is 0 Å². The summed E-state index contributed by atoms with van der Waals surface area (Å²) < 4.78 is 11.6. The van der Waals surface area contributed by atoms with E-state index < -0.39 is 5.79 Å². The highest BCUT2D eigenvalue weighted by Crippen LogP contribution is 2.44. The van der Waals surface area contributed by atoms with Gasteiger partial charge in [0, 0.05) is 24.2 Å². The summed E-state index contributed by atoms with van der Waals surface area (Å²) in [6.07, 6.45) is 5.93. The predicted molar refractivity (Wildman–Crippen MR) is 95.5 cm³/mol. The van der Waals surface area contributed by atoms with E-state index in [-0.39, 0.29) is 5.97 Å². The molecule has 4 nitrogen and oxygen atoms in total. The Hall–Kier alpha value is -1.49. The van der Waals surface area contributed by atoms with E-state index in [1.54, 1.807) is 6.07 Å². The van der Waals surface area contributed by atoms with Gasteiger partial charge >= 0.3 is 5.97 Å². The van der Waals surface area contributed by atoms with Gasteiger partial charge < -0.3 is 14.5 Å². The Morgan fingerprint density at radius 3 is 2.96 bits per heavy atom. The van der Waals surface area contributed by atoms with E-state index in [0.717, 1.165) is 28.6 Å². The second-order valence-electron chi connectivity index (χ2n) is 5.82. The minimum atomic E-state index is -1.12. The fourth-order valence-corrected chi connectivity index (χ4v) is 3.69. The molecule has 1 N–H and O–H groups in total. The van der Waals surface area contributed by atoms with Crippen molar-refractivity contribution in [2.75, 3.05) is 6.61 Å². The molecule has 0 saturated heterocycles. The number of rotatable bonds is 4. The van der Waals surface area contributed by atoms with Crippen LogP contribution in [0.2, 0.25) is 10.0 Å². The van der Waals surface area contributed by atoms with Crippen molar-refractivity contribution in [3.05, 3.63) is 45.6 Å². The average molecular weight is 368 g/mol. The molecule has 1 unspecified atom stereocenters. The van der Waals surface area contributed by atoms with Crippen molar-refractivity contribution >= 4 is 40.1 Å². The lowest BCUT2D eigenvalue weighted by Gasteiger charge is -2.36. The number of carbonyl (C=O) groups is 1. The van der Waals surface area contributed by atoms with Crippen LogP contribution in [0.5, 0.6) is 0 Å². The monoisotopic (exact) mass is 367 g/mol. The molecule has 1 aliphatic heterocycles.